The van der Waals surface area contributed by atoms with Gasteiger partial charge in [0.2, 0.25) is 0 Å². The van der Waals surface area contributed by atoms with E-state index < -0.39 is 0 Å². The van der Waals surface area contributed by atoms with Crippen LogP contribution in [0.4, 0.5) is 0 Å². The Labute approximate surface area is 120 Å². The number of hydrogen-bond donors (Lipinski definition) is 2. The summed E-state index contributed by atoms with van der Waals surface area (Å²) in [6.07, 6.45) is 3.51. The third-order valence-electron chi connectivity index (χ3n) is 3.78. The summed E-state index contributed by atoms with van der Waals surface area (Å²) >= 11 is 0. The van der Waals surface area contributed by atoms with E-state index in [2.05, 4.69) is 21.2 Å². The summed E-state index contributed by atoms with van der Waals surface area (Å²) in [6.45, 7) is 3.98. The summed E-state index contributed by atoms with van der Waals surface area (Å²) in [4.78, 5) is 4.55. The first-order valence-electron chi connectivity index (χ1n) is 6.75. The molecule has 4 rings (SSSR count). The molecule has 0 saturated heterocycles. The number of H-pyrrole nitrogens is 1. The fourth-order valence-electron chi connectivity index (χ4n) is 2.73. The van der Waals surface area contributed by atoms with Gasteiger partial charge in [-0.25, -0.2) is 4.98 Å². The number of fused-ring (bicyclic) bond motifs is 2. The lowest BCUT2D eigenvalue weighted by molar-refractivity contribution is 0.480. The Morgan fingerprint density at radius 2 is 2.05 bits per heavy atom. The minimum absolute atomic E-state index is 0.238. The Kier molecular flexibility index (Phi) is 2.33. The molecule has 0 fully saturated rings. The van der Waals surface area contributed by atoms with Gasteiger partial charge in [0.05, 0.1) is 23.3 Å². The molecule has 3 aromatic heterocycles. The number of aromatic nitrogens is 4. The SMILES string of the molecule is Cc1ccc2c(O)cn(-c3cc(C)c4[nH]ncc4c3)c2n1. The second-order valence-corrected chi connectivity index (χ2v) is 5.31. The van der Waals surface area contributed by atoms with Crippen LogP contribution in [0.1, 0.15) is 11.3 Å². The average molecular weight is 278 g/mol. The minimum atomic E-state index is 0.238. The molecule has 0 radical (unpaired) electrons. The lowest BCUT2D eigenvalue weighted by atomic mass is 10.1. The molecule has 21 heavy (non-hydrogen) atoms. The van der Waals surface area contributed by atoms with Gasteiger partial charge in [-0.1, -0.05) is 0 Å². The van der Waals surface area contributed by atoms with Crippen LogP contribution in [-0.4, -0.2) is 24.9 Å². The van der Waals surface area contributed by atoms with Crippen molar-refractivity contribution in [2.45, 2.75) is 13.8 Å². The molecule has 2 N–H and O–H groups in total. The predicted octanol–water partition coefficient (Wildman–Crippen LogP) is 3.22. The van der Waals surface area contributed by atoms with E-state index >= 15 is 0 Å². The van der Waals surface area contributed by atoms with Crippen molar-refractivity contribution < 1.29 is 5.11 Å². The normalized spacial score (nSPS) is 11.5. The van der Waals surface area contributed by atoms with Crippen LogP contribution in [0, 0.1) is 13.8 Å². The minimum Gasteiger partial charge on any atom is -0.506 e. The number of benzene rings is 1. The van der Waals surface area contributed by atoms with E-state index in [1.807, 2.05) is 36.6 Å². The Morgan fingerprint density at radius 3 is 2.90 bits per heavy atom. The standard InChI is InChI=1S/C16H14N4O/c1-9-5-12(6-11-7-17-19-15(9)11)20-8-14(21)13-4-3-10(2)18-16(13)20/h3-8,21H,1-2H3,(H,17,19). The van der Waals surface area contributed by atoms with Crippen molar-refractivity contribution in [3.05, 3.63) is 47.9 Å². The van der Waals surface area contributed by atoms with Crippen LogP contribution >= 0.6 is 0 Å². The number of aromatic hydroxyl groups is 1. The summed E-state index contributed by atoms with van der Waals surface area (Å²) in [5.41, 5.74) is 4.78. The van der Waals surface area contributed by atoms with Crippen molar-refractivity contribution in [3.8, 4) is 11.4 Å². The molecule has 0 spiro atoms. The van der Waals surface area contributed by atoms with Gasteiger partial charge in [0.25, 0.3) is 0 Å². The van der Waals surface area contributed by atoms with Gasteiger partial charge in [-0.05, 0) is 43.7 Å². The molecule has 0 atom stereocenters. The number of nitrogens with one attached hydrogen (secondary N) is 1. The number of pyridine rings is 1. The zero-order valence-electron chi connectivity index (χ0n) is 11.8. The van der Waals surface area contributed by atoms with Gasteiger partial charge in [0.15, 0.2) is 0 Å². The molecule has 5 nitrogen and oxygen atoms in total. The molecule has 0 saturated carbocycles. The highest BCUT2D eigenvalue weighted by molar-refractivity contribution is 5.88. The molecule has 3 heterocycles. The van der Waals surface area contributed by atoms with E-state index in [4.69, 9.17) is 0 Å². The maximum atomic E-state index is 10.1. The number of hydrogen-bond acceptors (Lipinski definition) is 3. The van der Waals surface area contributed by atoms with E-state index in [1.165, 1.54) is 0 Å². The summed E-state index contributed by atoms with van der Waals surface area (Å²) in [7, 11) is 0. The zero-order valence-corrected chi connectivity index (χ0v) is 11.8. The first-order chi connectivity index (χ1) is 10.1. The van der Waals surface area contributed by atoms with Gasteiger partial charge in [0.1, 0.15) is 11.4 Å². The van der Waals surface area contributed by atoms with Crippen molar-refractivity contribution in [1.82, 2.24) is 19.7 Å². The highest BCUT2D eigenvalue weighted by Crippen LogP contribution is 2.30. The first-order valence-corrected chi connectivity index (χ1v) is 6.75. The summed E-state index contributed by atoms with van der Waals surface area (Å²) in [6, 6.07) is 7.89. The van der Waals surface area contributed by atoms with Crippen LogP contribution in [0.5, 0.6) is 5.75 Å². The van der Waals surface area contributed by atoms with Crippen molar-refractivity contribution in [2.75, 3.05) is 0 Å². The maximum Gasteiger partial charge on any atom is 0.148 e. The predicted molar refractivity (Wildman–Crippen MR) is 81.9 cm³/mol. The van der Waals surface area contributed by atoms with E-state index in [0.717, 1.165) is 38.9 Å². The van der Waals surface area contributed by atoms with Gasteiger partial charge >= 0.3 is 0 Å². The van der Waals surface area contributed by atoms with E-state index in [-0.39, 0.29) is 5.75 Å². The maximum absolute atomic E-state index is 10.1. The molecule has 0 aliphatic heterocycles. The first kappa shape index (κ1) is 12.0. The average Bonchev–Trinajstić information content (AvgIpc) is 3.04. The van der Waals surface area contributed by atoms with Crippen LogP contribution in [0.3, 0.4) is 0 Å². The quantitative estimate of drug-likeness (QED) is 0.562. The largest absolute Gasteiger partial charge is 0.506 e. The molecule has 5 heteroatoms. The molecule has 104 valence electrons. The van der Waals surface area contributed by atoms with Crippen molar-refractivity contribution in [2.24, 2.45) is 0 Å². The number of aromatic amines is 1. The van der Waals surface area contributed by atoms with E-state index in [0.29, 0.717) is 0 Å². The van der Waals surface area contributed by atoms with Crippen LogP contribution in [0.25, 0.3) is 27.6 Å². The van der Waals surface area contributed by atoms with Gasteiger partial charge in [-0.3, -0.25) is 9.67 Å². The highest BCUT2D eigenvalue weighted by Gasteiger charge is 2.12. The lowest BCUT2D eigenvalue weighted by Crippen LogP contribution is -1.95. The molecular formula is C16H14N4O. The number of aryl methyl sites for hydroxylation is 2. The van der Waals surface area contributed by atoms with Crippen molar-refractivity contribution in [3.63, 3.8) is 0 Å². The van der Waals surface area contributed by atoms with E-state index in [1.54, 1.807) is 12.4 Å². The molecule has 0 bridgehead atoms. The monoisotopic (exact) mass is 278 g/mol. The third kappa shape index (κ3) is 1.71. The van der Waals surface area contributed by atoms with Gasteiger partial charge in [-0.2, -0.15) is 5.10 Å². The van der Waals surface area contributed by atoms with E-state index in [9.17, 15) is 5.11 Å². The van der Waals surface area contributed by atoms with Crippen LogP contribution < -0.4 is 0 Å². The summed E-state index contributed by atoms with van der Waals surface area (Å²) in [5.74, 6) is 0.238. The molecule has 0 aliphatic rings. The van der Waals surface area contributed by atoms with Crippen LogP contribution in [-0.2, 0) is 0 Å². The van der Waals surface area contributed by atoms with Crippen molar-refractivity contribution >= 4 is 21.9 Å². The Bertz CT molecular complexity index is 981. The smallest absolute Gasteiger partial charge is 0.148 e. The Morgan fingerprint density at radius 1 is 1.19 bits per heavy atom. The van der Waals surface area contributed by atoms with Crippen LogP contribution in [0.2, 0.25) is 0 Å². The lowest BCUT2D eigenvalue weighted by Gasteiger charge is -2.07. The van der Waals surface area contributed by atoms with Crippen LogP contribution in [0.15, 0.2) is 36.7 Å². The zero-order chi connectivity index (χ0) is 14.6. The highest BCUT2D eigenvalue weighted by atomic mass is 16.3. The Hall–Kier alpha value is -2.82. The topological polar surface area (TPSA) is 66.7 Å². The molecular weight excluding hydrogens is 264 g/mol. The third-order valence-corrected chi connectivity index (χ3v) is 3.78. The molecule has 0 unspecified atom stereocenters. The Balaban J connectivity index is 2.06. The summed E-state index contributed by atoms with van der Waals surface area (Å²) < 4.78 is 1.91. The molecule has 1 aromatic carbocycles. The molecule has 0 aliphatic carbocycles. The number of rotatable bonds is 1. The van der Waals surface area contributed by atoms with Gasteiger partial charge in [-0.15, -0.1) is 0 Å². The molecule has 4 aromatic rings. The summed E-state index contributed by atoms with van der Waals surface area (Å²) in [5, 5.41) is 19.0. The number of nitrogens with zero attached hydrogens (tertiary/aromatic N) is 3. The second kappa shape index (κ2) is 4.09. The van der Waals surface area contributed by atoms with Gasteiger partial charge in [0, 0.05) is 16.8 Å². The molecule has 0 amide bonds. The second-order valence-electron chi connectivity index (χ2n) is 5.31. The van der Waals surface area contributed by atoms with Gasteiger partial charge < -0.3 is 5.11 Å². The fourth-order valence-corrected chi connectivity index (χ4v) is 2.73. The van der Waals surface area contributed by atoms with Crippen molar-refractivity contribution in [1.29, 1.82) is 0 Å². The fraction of sp³-hybridized carbons (Fsp3) is 0.125.